The molecule has 1 aromatic carbocycles. The predicted octanol–water partition coefficient (Wildman–Crippen LogP) is 6.98. The average Bonchev–Trinajstić information content (AvgIpc) is 2.95. The number of alkyl carbamates (subject to hydrolysis) is 1. The molecule has 0 spiro atoms. The second-order valence-corrected chi connectivity index (χ2v) is 14.4. The number of hydrogen-bond donors (Lipinski definition) is 1. The van der Waals surface area contributed by atoms with Crippen molar-refractivity contribution >= 4 is 23.8 Å². The summed E-state index contributed by atoms with van der Waals surface area (Å²) in [6, 6.07) is -1.48. The Morgan fingerprint density at radius 1 is 0.739 bits per heavy atom. The highest BCUT2D eigenvalue weighted by Crippen LogP contribution is 2.27. The van der Waals surface area contributed by atoms with Crippen LogP contribution in [0.5, 0.6) is 5.75 Å². The van der Waals surface area contributed by atoms with Crippen LogP contribution >= 0.6 is 11.8 Å². The number of ether oxygens (including phenoxy) is 6. The van der Waals surface area contributed by atoms with Gasteiger partial charge in [0.15, 0.2) is 11.6 Å². The quantitative estimate of drug-likeness (QED) is 0.0483. The molecule has 9 nitrogen and oxygen atoms in total. The Kier molecular flexibility index (Phi) is 16.8. The van der Waals surface area contributed by atoms with E-state index in [-0.39, 0.29) is 29.6 Å². The van der Waals surface area contributed by atoms with Gasteiger partial charge in [0, 0.05) is 32.5 Å². The first-order valence-electron chi connectivity index (χ1n) is 15.1. The van der Waals surface area contributed by atoms with Crippen LogP contribution in [0, 0.1) is 23.3 Å². The summed E-state index contributed by atoms with van der Waals surface area (Å²) in [6.07, 6.45) is 1.17. The fraction of sp³-hybridized carbons (Fsp3) is 0.750. The molecule has 0 bridgehead atoms. The maximum absolute atomic E-state index is 14.2. The number of hydrogen-bond acceptors (Lipinski definition) is 9. The second-order valence-electron chi connectivity index (χ2n) is 13.3. The Hall–Kier alpha value is -2.13. The number of benzene rings is 1. The van der Waals surface area contributed by atoms with Gasteiger partial charge < -0.3 is 33.7 Å². The van der Waals surface area contributed by atoms with Crippen LogP contribution in [0.15, 0.2) is 6.07 Å². The topological polar surface area (TPSA) is 102 Å². The summed E-state index contributed by atoms with van der Waals surface area (Å²) in [4.78, 5) is 25.6. The highest BCUT2D eigenvalue weighted by atomic mass is 32.2. The van der Waals surface area contributed by atoms with Crippen LogP contribution in [0.3, 0.4) is 0 Å². The van der Waals surface area contributed by atoms with Crippen molar-refractivity contribution < 1.29 is 55.6 Å². The Bertz CT molecular complexity index is 1110. The summed E-state index contributed by atoms with van der Waals surface area (Å²) in [7, 11) is 3.24. The van der Waals surface area contributed by atoms with Gasteiger partial charge in [-0.05, 0) is 80.4 Å². The van der Waals surface area contributed by atoms with Gasteiger partial charge in [0.1, 0.15) is 6.04 Å². The Morgan fingerprint density at radius 2 is 1.20 bits per heavy atom. The maximum atomic E-state index is 14.2. The van der Waals surface area contributed by atoms with E-state index in [1.54, 1.807) is 14.2 Å². The van der Waals surface area contributed by atoms with Crippen molar-refractivity contribution in [3.63, 3.8) is 0 Å². The highest BCUT2D eigenvalue weighted by Gasteiger charge is 2.30. The summed E-state index contributed by atoms with van der Waals surface area (Å²) in [5, 5.41) is 2.33. The standard InChI is InChI=1S/C32H51F4NO8S/c1-29(2,40-9)12-16-43-31(5,6)11-15-42-28(39)37-23(27(38)45-26-24(35)21(33)19-22(34)25(26)36)20-46-18-14-32(7,8)44-17-13-30(3,4)41-10/h19,23H,11-18,20H2,1-10H3,(H,37,39)/t23-/m0/s1. The van der Waals surface area contributed by atoms with E-state index in [1.807, 2.05) is 55.4 Å². The van der Waals surface area contributed by atoms with Crippen molar-refractivity contribution in [1.29, 1.82) is 0 Å². The average molecular weight is 686 g/mol. The molecule has 1 atom stereocenters. The molecule has 14 heteroatoms. The summed E-state index contributed by atoms with van der Waals surface area (Å²) < 4.78 is 88.4. The molecule has 0 heterocycles. The molecule has 0 aliphatic carbocycles. The van der Waals surface area contributed by atoms with Crippen LogP contribution < -0.4 is 10.1 Å². The lowest BCUT2D eigenvalue weighted by atomic mass is 10.0. The third-order valence-electron chi connectivity index (χ3n) is 7.42. The van der Waals surface area contributed by atoms with E-state index in [9.17, 15) is 27.2 Å². The molecule has 1 N–H and O–H groups in total. The van der Waals surface area contributed by atoms with E-state index in [1.165, 1.54) is 11.8 Å². The Balaban J connectivity index is 2.84. The SMILES string of the molecule is COC(C)(C)CCOC(C)(C)CCOC(=O)N[C@@H](CSCCC(C)(C)OCCC(C)(C)OC)C(=O)Oc1c(F)c(F)cc(F)c1F. The van der Waals surface area contributed by atoms with Crippen molar-refractivity contribution in [2.24, 2.45) is 0 Å². The van der Waals surface area contributed by atoms with E-state index < -0.39 is 58.3 Å². The number of thioether (sulfide) groups is 1. The lowest BCUT2D eigenvalue weighted by Gasteiger charge is -2.29. The Morgan fingerprint density at radius 3 is 1.67 bits per heavy atom. The smallest absolute Gasteiger partial charge is 0.407 e. The fourth-order valence-electron chi connectivity index (χ4n) is 3.57. The molecule has 0 aliphatic heterocycles. The fourth-order valence-corrected chi connectivity index (χ4v) is 4.83. The van der Waals surface area contributed by atoms with E-state index >= 15 is 0 Å². The van der Waals surface area contributed by atoms with E-state index in [0.717, 1.165) is 0 Å². The lowest BCUT2D eigenvalue weighted by molar-refractivity contribution is -0.136. The first-order chi connectivity index (χ1) is 21.1. The van der Waals surface area contributed by atoms with E-state index in [4.69, 9.17) is 28.4 Å². The predicted molar refractivity (Wildman–Crippen MR) is 168 cm³/mol. The Labute approximate surface area is 274 Å². The van der Waals surface area contributed by atoms with Crippen molar-refractivity contribution in [2.45, 2.75) is 110 Å². The number of carbonyl (C=O) groups excluding carboxylic acids is 2. The summed E-state index contributed by atoms with van der Waals surface area (Å²) in [5.74, 6) is -9.78. The zero-order valence-electron chi connectivity index (χ0n) is 28.7. The molecule has 0 aliphatic rings. The third-order valence-corrected chi connectivity index (χ3v) is 8.48. The highest BCUT2D eigenvalue weighted by molar-refractivity contribution is 7.99. The minimum Gasteiger partial charge on any atom is -0.449 e. The van der Waals surface area contributed by atoms with Crippen LogP contribution in [0.25, 0.3) is 0 Å². The van der Waals surface area contributed by atoms with Gasteiger partial charge in [-0.3, -0.25) is 0 Å². The molecule has 1 amide bonds. The summed E-state index contributed by atoms with van der Waals surface area (Å²) >= 11 is 1.23. The number of carbonyl (C=O) groups is 2. The third kappa shape index (κ3) is 15.6. The van der Waals surface area contributed by atoms with Crippen LogP contribution in [0.1, 0.15) is 81.1 Å². The van der Waals surface area contributed by atoms with Gasteiger partial charge in [-0.2, -0.15) is 20.5 Å². The van der Waals surface area contributed by atoms with Crippen molar-refractivity contribution in [3.05, 3.63) is 29.3 Å². The molecule has 0 aromatic heterocycles. The monoisotopic (exact) mass is 685 g/mol. The number of amides is 1. The van der Waals surface area contributed by atoms with Gasteiger partial charge in [0.2, 0.25) is 17.4 Å². The molecule has 46 heavy (non-hydrogen) atoms. The molecule has 266 valence electrons. The van der Waals surface area contributed by atoms with Crippen molar-refractivity contribution in [1.82, 2.24) is 5.32 Å². The van der Waals surface area contributed by atoms with Crippen LogP contribution in [0.4, 0.5) is 22.4 Å². The first-order valence-corrected chi connectivity index (χ1v) is 16.2. The van der Waals surface area contributed by atoms with Crippen LogP contribution in [-0.2, 0) is 28.5 Å². The summed E-state index contributed by atoms with van der Waals surface area (Å²) in [6.45, 7) is 16.0. The molecular weight excluding hydrogens is 634 g/mol. The van der Waals surface area contributed by atoms with E-state index in [2.05, 4.69) is 5.32 Å². The number of nitrogens with one attached hydrogen (secondary N) is 1. The lowest BCUT2D eigenvalue weighted by Crippen LogP contribution is -2.45. The molecule has 1 rings (SSSR count). The second kappa shape index (κ2) is 18.4. The first kappa shape index (κ1) is 41.9. The van der Waals surface area contributed by atoms with Crippen LogP contribution in [-0.4, -0.2) is 86.1 Å². The van der Waals surface area contributed by atoms with Gasteiger partial charge in [-0.1, -0.05) is 0 Å². The van der Waals surface area contributed by atoms with Crippen molar-refractivity contribution in [2.75, 3.05) is 45.5 Å². The summed E-state index contributed by atoms with van der Waals surface area (Å²) in [5.41, 5.74) is -1.88. The van der Waals surface area contributed by atoms with E-state index in [0.29, 0.717) is 44.6 Å². The minimum atomic E-state index is -1.88. The number of rotatable bonds is 21. The van der Waals surface area contributed by atoms with Crippen LogP contribution in [0.2, 0.25) is 0 Å². The number of methoxy groups -OCH3 is 2. The van der Waals surface area contributed by atoms with Gasteiger partial charge in [0.05, 0.1) is 42.2 Å². The molecule has 0 saturated heterocycles. The molecule has 0 fully saturated rings. The zero-order valence-corrected chi connectivity index (χ0v) is 29.5. The maximum Gasteiger partial charge on any atom is 0.407 e. The molecule has 0 unspecified atom stereocenters. The largest absolute Gasteiger partial charge is 0.449 e. The normalized spacial score (nSPS) is 13.4. The zero-order chi connectivity index (χ0) is 35.3. The van der Waals surface area contributed by atoms with Crippen molar-refractivity contribution in [3.8, 4) is 5.75 Å². The van der Waals surface area contributed by atoms with Gasteiger partial charge in [-0.15, -0.1) is 0 Å². The minimum absolute atomic E-state index is 0.00525. The van der Waals surface area contributed by atoms with Gasteiger partial charge >= 0.3 is 12.1 Å². The molecule has 1 aromatic rings. The van der Waals surface area contributed by atoms with Gasteiger partial charge in [0.25, 0.3) is 0 Å². The van der Waals surface area contributed by atoms with Gasteiger partial charge in [-0.25, -0.2) is 18.4 Å². The number of esters is 1. The molecular formula is C32H51F4NO8S. The number of halogens is 4. The molecule has 0 saturated carbocycles. The molecule has 0 radical (unpaired) electrons.